The number of piperazine rings is 1. The van der Waals surface area contributed by atoms with Crippen LogP contribution in [0.1, 0.15) is 17.7 Å². The number of furan rings is 1. The second kappa shape index (κ2) is 11.1. The molecule has 0 spiro atoms. The van der Waals surface area contributed by atoms with Crippen LogP contribution in [0.2, 0.25) is 0 Å². The van der Waals surface area contributed by atoms with Crippen LogP contribution in [0, 0.1) is 0 Å². The van der Waals surface area contributed by atoms with Crippen LogP contribution in [0.3, 0.4) is 0 Å². The summed E-state index contributed by atoms with van der Waals surface area (Å²) in [7, 11) is 0. The Labute approximate surface area is 185 Å². The lowest BCUT2D eigenvalue weighted by Gasteiger charge is -2.36. The van der Waals surface area contributed by atoms with Gasteiger partial charge in [-0.15, -0.1) is 0 Å². The van der Waals surface area contributed by atoms with Crippen molar-refractivity contribution in [1.29, 1.82) is 0 Å². The van der Waals surface area contributed by atoms with E-state index in [1.54, 1.807) is 12.1 Å². The first-order valence-electron chi connectivity index (χ1n) is 9.83. The highest BCUT2D eigenvalue weighted by atomic mass is 32.1. The third kappa shape index (κ3) is 6.78. The molecule has 8 nitrogen and oxygen atoms in total. The first-order chi connectivity index (χ1) is 15.0. The zero-order valence-corrected chi connectivity index (χ0v) is 17.6. The second-order valence-electron chi connectivity index (χ2n) is 6.80. The molecular formula is C22H23N3O5S. The summed E-state index contributed by atoms with van der Waals surface area (Å²) in [5.41, 5.74) is 1.05. The third-order valence-corrected chi connectivity index (χ3v) is 4.96. The van der Waals surface area contributed by atoms with E-state index < -0.39 is 17.9 Å². The first kappa shape index (κ1) is 22.2. The molecule has 0 saturated carbocycles. The van der Waals surface area contributed by atoms with Gasteiger partial charge in [0.15, 0.2) is 5.11 Å². The fraction of sp³-hybridized carbons (Fsp3) is 0.273. The zero-order chi connectivity index (χ0) is 22.1. The van der Waals surface area contributed by atoms with Crippen LogP contribution in [0.5, 0.6) is 0 Å². The molecular weight excluding hydrogens is 418 g/mol. The smallest absolute Gasteiger partial charge is 0.308 e. The molecule has 0 aliphatic carbocycles. The number of carbonyl (C=O) groups excluding carboxylic acids is 3. The number of ether oxygens (including phenoxy) is 1. The molecule has 2 N–H and O–H groups in total. The molecule has 1 aliphatic rings. The van der Waals surface area contributed by atoms with Crippen molar-refractivity contribution in [3.63, 3.8) is 0 Å². The molecule has 0 radical (unpaired) electrons. The van der Waals surface area contributed by atoms with E-state index in [2.05, 4.69) is 10.6 Å². The van der Waals surface area contributed by atoms with Gasteiger partial charge >= 0.3 is 5.97 Å². The van der Waals surface area contributed by atoms with Gasteiger partial charge in [0, 0.05) is 25.6 Å². The molecule has 1 aliphatic heterocycles. The first-order valence-corrected chi connectivity index (χ1v) is 10.2. The predicted octanol–water partition coefficient (Wildman–Crippen LogP) is 1.67. The van der Waals surface area contributed by atoms with Crippen molar-refractivity contribution in [1.82, 2.24) is 15.5 Å². The van der Waals surface area contributed by atoms with E-state index in [1.165, 1.54) is 23.3 Å². The second-order valence-corrected chi connectivity index (χ2v) is 7.19. The van der Waals surface area contributed by atoms with E-state index >= 15 is 0 Å². The lowest BCUT2D eigenvalue weighted by molar-refractivity contribution is -0.147. The molecule has 2 aromatic rings. The van der Waals surface area contributed by atoms with Gasteiger partial charge in [-0.1, -0.05) is 30.3 Å². The summed E-state index contributed by atoms with van der Waals surface area (Å²) in [6.07, 6.45) is 4.70. The molecule has 1 unspecified atom stereocenters. The van der Waals surface area contributed by atoms with E-state index in [1.807, 2.05) is 30.3 Å². The molecule has 1 aromatic heterocycles. The molecule has 162 valence electrons. The largest absolute Gasteiger partial charge is 0.465 e. The minimum atomic E-state index is -0.847. The van der Waals surface area contributed by atoms with Gasteiger partial charge in [0.25, 0.3) is 0 Å². The van der Waals surface area contributed by atoms with Crippen molar-refractivity contribution in [2.75, 3.05) is 19.7 Å². The van der Waals surface area contributed by atoms with Crippen LogP contribution in [-0.2, 0) is 25.5 Å². The van der Waals surface area contributed by atoms with Gasteiger partial charge in [-0.2, -0.15) is 0 Å². The van der Waals surface area contributed by atoms with Crippen LogP contribution in [0.15, 0.2) is 59.2 Å². The summed E-state index contributed by atoms with van der Waals surface area (Å²) in [5.74, 6) is -0.782. The summed E-state index contributed by atoms with van der Waals surface area (Å²) in [6.45, 7) is 0.946. The van der Waals surface area contributed by atoms with Crippen LogP contribution in [0.4, 0.5) is 0 Å². The lowest BCUT2D eigenvalue weighted by atomic mass is 10.1. The Kier molecular flexibility index (Phi) is 7.94. The minimum absolute atomic E-state index is 0.0750. The molecule has 2 amide bonds. The molecule has 1 fully saturated rings. The lowest BCUT2D eigenvalue weighted by Crippen LogP contribution is -2.60. The Bertz CT molecular complexity index is 943. The van der Waals surface area contributed by atoms with Crippen molar-refractivity contribution in [2.45, 2.75) is 18.9 Å². The zero-order valence-electron chi connectivity index (χ0n) is 16.8. The third-order valence-electron chi connectivity index (χ3n) is 4.62. The standard InChI is InChI=1S/C22H23N3O5S/c26-19(9-8-17-7-4-13-29-17)24-22(31)25-12-11-23-21(28)18(25)15-20(27)30-14-10-16-5-2-1-3-6-16/h1-9,13,18H,10-12,14-15H2,(H,23,28)(H,24,26,31). The number of hydrogen-bond donors (Lipinski definition) is 2. The van der Waals surface area contributed by atoms with Crippen molar-refractivity contribution in [3.8, 4) is 0 Å². The van der Waals surface area contributed by atoms with Gasteiger partial charge < -0.3 is 19.4 Å². The normalized spacial score (nSPS) is 16.1. The maximum absolute atomic E-state index is 12.3. The Morgan fingerprint density at radius 3 is 2.81 bits per heavy atom. The topological polar surface area (TPSA) is 101 Å². The molecule has 1 aromatic carbocycles. The van der Waals surface area contributed by atoms with Crippen molar-refractivity contribution < 1.29 is 23.5 Å². The highest BCUT2D eigenvalue weighted by Crippen LogP contribution is 2.11. The van der Waals surface area contributed by atoms with Gasteiger partial charge in [-0.25, -0.2) is 0 Å². The number of amides is 2. The maximum Gasteiger partial charge on any atom is 0.308 e. The fourth-order valence-corrected chi connectivity index (χ4v) is 3.39. The van der Waals surface area contributed by atoms with Crippen LogP contribution in [-0.4, -0.2) is 53.5 Å². The maximum atomic E-state index is 12.3. The fourth-order valence-electron chi connectivity index (χ4n) is 3.07. The number of nitrogens with one attached hydrogen (secondary N) is 2. The molecule has 1 atom stereocenters. The SMILES string of the molecule is O=C(C=Cc1ccco1)NC(=S)N1CCNC(=O)C1CC(=O)OCCc1ccccc1. The molecule has 31 heavy (non-hydrogen) atoms. The quantitative estimate of drug-likeness (QED) is 0.383. The predicted molar refractivity (Wildman–Crippen MR) is 118 cm³/mol. The number of esters is 1. The Morgan fingerprint density at radius 2 is 2.06 bits per heavy atom. The molecule has 1 saturated heterocycles. The molecule has 9 heteroatoms. The van der Waals surface area contributed by atoms with Gasteiger partial charge in [0.05, 0.1) is 19.3 Å². The van der Waals surface area contributed by atoms with Crippen LogP contribution in [0.25, 0.3) is 6.08 Å². The van der Waals surface area contributed by atoms with Gasteiger partial charge in [-0.05, 0) is 36.0 Å². The van der Waals surface area contributed by atoms with Crippen molar-refractivity contribution in [3.05, 3.63) is 66.1 Å². The monoisotopic (exact) mass is 441 g/mol. The molecule has 3 rings (SSSR count). The van der Waals surface area contributed by atoms with Crippen LogP contribution < -0.4 is 10.6 Å². The number of carbonyl (C=O) groups is 3. The summed E-state index contributed by atoms with van der Waals surface area (Å²) >= 11 is 5.30. The van der Waals surface area contributed by atoms with Crippen molar-refractivity contribution in [2.24, 2.45) is 0 Å². The van der Waals surface area contributed by atoms with E-state index in [0.29, 0.717) is 25.3 Å². The Morgan fingerprint density at radius 1 is 1.26 bits per heavy atom. The highest BCUT2D eigenvalue weighted by Gasteiger charge is 2.34. The van der Waals surface area contributed by atoms with Gasteiger partial charge in [0.1, 0.15) is 11.8 Å². The van der Waals surface area contributed by atoms with E-state index in [0.717, 1.165) is 5.56 Å². The summed E-state index contributed by atoms with van der Waals surface area (Å²) in [4.78, 5) is 38.3. The summed E-state index contributed by atoms with van der Waals surface area (Å²) in [6, 6.07) is 12.2. The Balaban J connectivity index is 1.52. The average Bonchev–Trinajstić information content (AvgIpc) is 3.28. The minimum Gasteiger partial charge on any atom is -0.465 e. The number of nitrogens with zero attached hydrogens (tertiary/aromatic N) is 1. The van der Waals surface area contributed by atoms with E-state index in [9.17, 15) is 14.4 Å². The number of benzene rings is 1. The molecule has 2 heterocycles. The average molecular weight is 442 g/mol. The Hall–Kier alpha value is -3.46. The number of hydrogen-bond acceptors (Lipinski definition) is 6. The number of rotatable bonds is 7. The summed E-state index contributed by atoms with van der Waals surface area (Å²) < 4.78 is 10.4. The number of thiocarbonyl (C=S) groups is 1. The summed E-state index contributed by atoms with van der Waals surface area (Å²) in [5, 5.41) is 5.35. The van der Waals surface area contributed by atoms with Crippen molar-refractivity contribution >= 4 is 41.2 Å². The van der Waals surface area contributed by atoms with Gasteiger partial charge in [-0.3, -0.25) is 19.7 Å². The van der Waals surface area contributed by atoms with Gasteiger partial charge in [0.2, 0.25) is 11.8 Å². The van der Waals surface area contributed by atoms with E-state index in [-0.39, 0.29) is 24.0 Å². The van der Waals surface area contributed by atoms with E-state index in [4.69, 9.17) is 21.4 Å². The molecule has 0 bridgehead atoms. The highest BCUT2D eigenvalue weighted by molar-refractivity contribution is 7.80. The van der Waals surface area contributed by atoms with Crippen LogP contribution >= 0.6 is 12.2 Å².